The first kappa shape index (κ1) is 16.1. The van der Waals surface area contributed by atoms with E-state index in [0.717, 1.165) is 23.6 Å². The van der Waals surface area contributed by atoms with E-state index >= 15 is 0 Å². The molecule has 5 nitrogen and oxygen atoms in total. The van der Waals surface area contributed by atoms with Crippen LogP contribution in [-0.2, 0) is 11.2 Å². The summed E-state index contributed by atoms with van der Waals surface area (Å²) in [5.41, 5.74) is 1.12. The van der Waals surface area contributed by atoms with Gasteiger partial charge in [0.05, 0.1) is 19.3 Å². The molecule has 0 aliphatic heterocycles. The van der Waals surface area contributed by atoms with Crippen LogP contribution in [0.2, 0.25) is 0 Å². The van der Waals surface area contributed by atoms with Crippen molar-refractivity contribution in [1.29, 1.82) is 0 Å². The Morgan fingerprint density at radius 2 is 2.05 bits per heavy atom. The summed E-state index contributed by atoms with van der Waals surface area (Å²) >= 11 is 0. The molecular weight excluding hydrogens is 278 g/mol. The van der Waals surface area contributed by atoms with Gasteiger partial charge in [-0.3, -0.25) is 4.79 Å². The number of nitrogens with one attached hydrogen (secondary N) is 1. The van der Waals surface area contributed by atoms with Gasteiger partial charge >= 0.3 is 0 Å². The van der Waals surface area contributed by atoms with Crippen LogP contribution in [0.3, 0.4) is 0 Å². The van der Waals surface area contributed by atoms with Crippen LogP contribution in [0.4, 0.5) is 5.82 Å². The molecule has 1 aromatic carbocycles. The summed E-state index contributed by atoms with van der Waals surface area (Å²) in [5.74, 6) is 1.58. The molecule has 0 radical (unpaired) electrons. The van der Waals surface area contributed by atoms with Crippen LogP contribution in [0.25, 0.3) is 0 Å². The van der Waals surface area contributed by atoms with Gasteiger partial charge in [0.25, 0.3) is 0 Å². The predicted octanol–water partition coefficient (Wildman–Crippen LogP) is 3.43. The van der Waals surface area contributed by atoms with Crippen molar-refractivity contribution < 1.29 is 9.53 Å². The second-order valence-corrected chi connectivity index (χ2v) is 5.31. The predicted molar refractivity (Wildman–Crippen MR) is 87.2 cm³/mol. The standard InChI is InChI=1S/C17H23N3O2/c1-4-13(2)20-16(11-12-18-20)19-17(21)10-7-14-5-8-15(22-3)9-6-14/h5-6,8-9,11-13H,4,7,10H2,1-3H3,(H,19,21). The maximum atomic E-state index is 12.1. The van der Waals surface area contributed by atoms with Crippen molar-refractivity contribution in [1.82, 2.24) is 9.78 Å². The highest BCUT2D eigenvalue weighted by atomic mass is 16.5. The van der Waals surface area contributed by atoms with E-state index in [9.17, 15) is 4.79 Å². The zero-order valence-electron chi connectivity index (χ0n) is 13.4. The number of hydrogen-bond donors (Lipinski definition) is 1. The first-order valence-corrected chi connectivity index (χ1v) is 7.60. The molecule has 5 heteroatoms. The minimum atomic E-state index is 0.000807. The number of carbonyl (C=O) groups is 1. The third-order valence-electron chi connectivity index (χ3n) is 3.75. The van der Waals surface area contributed by atoms with Gasteiger partial charge in [0, 0.05) is 12.5 Å². The molecule has 118 valence electrons. The highest BCUT2D eigenvalue weighted by Crippen LogP contribution is 2.17. The monoisotopic (exact) mass is 301 g/mol. The van der Waals surface area contributed by atoms with Gasteiger partial charge < -0.3 is 10.1 Å². The van der Waals surface area contributed by atoms with Gasteiger partial charge in [-0.05, 0) is 37.5 Å². The number of anilines is 1. The summed E-state index contributed by atoms with van der Waals surface area (Å²) in [6.07, 6.45) is 3.83. The quantitative estimate of drug-likeness (QED) is 0.852. The topological polar surface area (TPSA) is 56.2 Å². The second kappa shape index (κ2) is 7.64. The lowest BCUT2D eigenvalue weighted by molar-refractivity contribution is -0.116. The Labute approximate surface area is 131 Å². The minimum absolute atomic E-state index is 0.000807. The van der Waals surface area contributed by atoms with Gasteiger partial charge in [0.1, 0.15) is 11.6 Å². The summed E-state index contributed by atoms with van der Waals surface area (Å²) < 4.78 is 6.97. The van der Waals surface area contributed by atoms with Crippen molar-refractivity contribution in [3.63, 3.8) is 0 Å². The number of ether oxygens (including phenoxy) is 1. The number of carbonyl (C=O) groups excluding carboxylic acids is 1. The number of hydrogen-bond acceptors (Lipinski definition) is 3. The highest BCUT2D eigenvalue weighted by molar-refractivity contribution is 5.89. The molecule has 1 heterocycles. The second-order valence-electron chi connectivity index (χ2n) is 5.31. The van der Waals surface area contributed by atoms with Crippen LogP contribution in [0.15, 0.2) is 36.5 Å². The van der Waals surface area contributed by atoms with Gasteiger partial charge in [-0.2, -0.15) is 5.10 Å². The SMILES string of the molecule is CCC(C)n1nccc1NC(=O)CCc1ccc(OC)cc1. The number of benzene rings is 1. The molecule has 1 N–H and O–H groups in total. The number of rotatable bonds is 7. The molecule has 2 aromatic rings. The summed E-state index contributed by atoms with van der Waals surface area (Å²) in [5, 5.41) is 7.20. The van der Waals surface area contributed by atoms with Crippen molar-refractivity contribution in [2.75, 3.05) is 12.4 Å². The number of aryl methyl sites for hydroxylation is 1. The molecule has 1 atom stereocenters. The first-order valence-electron chi connectivity index (χ1n) is 7.60. The van der Waals surface area contributed by atoms with Gasteiger partial charge in [0.15, 0.2) is 0 Å². The highest BCUT2D eigenvalue weighted by Gasteiger charge is 2.11. The van der Waals surface area contributed by atoms with Gasteiger partial charge in [0.2, 0.25) is 5.91 Å². The van der Waals surface area contributed by atoms with E-state index in [-0.39, 0.29) is 11.9 Å². The Kier molecular flexibility index (Phi) is 5.58. The van der Waals surface area contributed by atoms with E-state index < -0.39 is 0 Å². The molecule has 0 bridgehead atoms. The molecule has 1 aromatic heterocycles. The molecule has 22 heavy (non-hydrogen) atoms. The summed E-state index contributed by atoms with van der Waals surface area (Å²) in [7, 11) is 1.64. The first-order chi connectivity index (χ1) is 10.6. The smallest absolute Gasteiger partial charge is 0.225 e. The molecule has 0 saturated carbocycles. The summed E-state index contributed by atoms with van der Waals surface area (Å²) in [6.45, 7) is 4.18. The van der Waals surface area contributed by atoms with Crippen LogP contribution < -0.4 is 10.1 Å². The van der Waals surface area contributed by atoms with E-state index in [1.165, 1.54) is 0 Å². The zero-order valence-corrected chi connectivity index (χ0v) is 13.4. The molecule has 0 fully saturated rings. The van der Waals surface area contributed by atoms with Gasteiger partial charge in [-0.25, -0.2) is 4.68 Å². The lowest BCUT2D eigenvalue weighted by Gasteiger charge is -2.14. The van der Waals surface area contributed by atoms with Crippen LogP contribution in [0.5, 0.6) is 5.75 Å². The zero-order chi connectivity index (χ0) is 15.9. The van der Waals surface area contributed by atoms with Crippen molar-refractivity contribution in [3.8, 4) is 5.75 Å². The van der Waals surface area contributed by atoms with E-state index in [0.29, 0.717) is 12.8 Å². The third-order valence-corrected chi connectivity index (χ3v) is 3.75. The largest absolute Gasteiger partial charge is 0.497 e. The van der Waals surface area contributed by atoms with Crippen LogP contribution in [-0.4, -0.2) is 22.8 Å². The van der Waals surface area contributed by atoms with Gasteiger partial charge in [-0.15, -0.1) is 0 Å². The number of nitrogens with zero attached hydrogens (tertiary/aromatic N) is 2. The minimum Gasteiger partial charge on any atom is -0.497 e. The normalized spacial score (nSPS) is 12.0. The van der Waals surface area contributed by atoms with Crippen LogP contribution in [0, 0.1) is 0 Å². The molecular formula is C17H23N3O2. The fourth-order valence-corrected chi connectivity index (χ4v) is 2.19. The average molecular weight is 301 g/mol. The molecule has 0 saturated heterocycles. The van der Waals surface area contributed by atoms with Crippen molar-refractivity contribution in [2.24, 2.45) is 0 Å². The molecule has 1 amide bonds. The Morgan fingerprint density at radius 1 is 1.32 bits per heavy atom. The fraction of sp³-hybridized carbons (Fsp3) is 0.412. The van der Waals surface area contributed by atoms with Crippen molar-refractivity contribution >= 4 is 11.7 Å². The maximum Gasteiger partial charge on any atom is 0.225 e. The Balaban J connectivity index is 1.89. The number of methoxy groups -OCH3 is 1. The van der Waals surface area contributed by atoms with E-state index in [2.05, 4.69) is 24.3 Å². The van der Waals surface area contributed by atoms with Gasteiger partial charge in [-0.1, -0.05) is 19.1 Å². The van der Waals surface area contributed by atoms with Crippen LogP contribution >= 0.6 is 0 Å². The Morgan fingerprint density at radius 3 is 2.68 bits per heavy atom. The van der Waals surface area contributed by atoms with E-state index in [4.69, 9.17) is 4.74 Å². The third kappa shape index (κ3) is 4.10. The van der Waals surface area contributed by atoms with Crippen LogP contribution in [0.1, 0.15) is 38.3 Å². The molecule has 0 aliphatic carbocycles. The molecule has 1 unspecified atom stereocenters. The maximum absolute atomic E-state index is 12.1. The lowest BCUT2D eigenvalue weighted by atomic mass is 10.1. The lowest BCUT2D eigenvalue weighted by Crippen LogP contribution is -2.17. The summed E-state index contributed by atoms with van der Waals surface area (Å²) in [6, 6.07) is 9.88. The fourth-order valence-electron chi connectivity index (χ4n) is 2.19. The van der Waals surface area contributed by atoms with Crippen molar-refractivity contribution in [2.45, 2.75) is 39.2 Å². The number of aromatic nitrogens is 2. The summed E-state index contributed by atoms with van der Waals surface area (Å²) in [4.78, 5) is 12.1. The molecule has 2 rings (SSSR count). The van der Waals surface area contributed by atoms with E-state index in [1.807, 2.05) is 35.0 Å². The Hall–Kier alpha value is -2.30. The molecule has 0 spiro atoms. The Bertz CT molecular complexity index is 605. The molecule has 0 aliphatic rings. The number of amides is 1. The van der Waals surface area contributed by atoms with Crippen molar-refractivity contribution in [3.05, 3.63) is 42.1 Å². The average Bonchev–Trinajstić information content (AvgIpc) is 3.00. The van der Waals surface area contributed by atoms with E-state index in [1.54, 1.807) is 13.3 Å².